The van der Waals surface area contributed by atoms with Gasteiger partial charge in [0.2, 0.25) is 0 Å². The molecular formula is C17H15F2N3O2. The van der Waals surface area contributed by atoms with Crippen molar-refractivity contribution in [3.63, 3.8) is 0 Å². The van der Waals surface area contributed by atoms with Crippen molar-refractivity contribution in [1.29, 1.82) is 0 Å². The van der Waals surface area contributed by atoms with Gasteiger partial charge in [-0.2, -0.15) is 5.10 Å². The number of nitrogens with zero attached hydrogens (tertiary/aromatic N) is 2. The number of benzene rings is 1. The van der Waals surface area contributed by atoms with Gasteiger partial charge in [0, 0.05) is 11.8 Å². The SMILES string of the molecule is Cc1cc(C)n(Cc2ccc(C(=O)Nc3cc(F)ccc3F)o2)n1. The van der Waals surface area contributed by atoms with Gasteiger partial charge in [-0.25, -0.2) is 8.78 Å². The van der Waals surface area contributed by atoms with E-state index in [1.54, 1.807) is 10.7 Å². The number of nitrogens with one attached hydrogen (secondary N) is 1. The second-order valence-corrected chi connectivity index (χ2v) is 5.43. The summed E-state index contributed by atoms with van der Waals surface area (Å²) < 4.78 is 33.9. The summed E-state index contributed by atoms with van der Waals surface area (Å²) in [4.78, 5) is 12.1. The molecule has 124 valence electrons. The molecule has 5 nitrogen and oxygen atoms in total. The highest BCUT2D eigenvalue weighted by atomic mass is 19.1. The summed E-state index contributed by atoms with van der Waals surface area (Å²) in [6.45, 7) is 4.18. The zero-order valence-electron chi connectivity index (χ0n) is 13.1. The number of amides is 1. The van der Waals surface area contributed by atoms with Crippen LogP contribution in [0.1, 0.15) is 27.7 Å². The van der Waals surface area contributed by atoms with E-state index in [0.717, 1.165) is 29.6 Å². The Morgan fingerprint density at radius 2 is 2.00 bits per heavy atom. The van der Waals surface area contributed by atoms with Gasteiger partial charge in [-0.15, -0.1) is 0 Å². The monoisotopic (exact) mass is 331 g/mol. The Bertz CT molecular complexity index is 899. The van der Waals surface area contributed by atoms with Crippen LogP contribution in [-0.2, 0) is 6.54 Å². The molecule has 1 amide bonds. The van der Waals surface area contributed by atoms with Crippen LogP contribution in [0.5, 0.6) is 0 Å². The molecule has 0 bridgehead atoms. The molecule has 0 radical (unpaired) electrons. The Labute approximate surface area is 136 Å². The second kappa shape index (κ2) is 6.27. The average molecular weight is 331 g/mol. The summed E-state index contributed by atoms with van der Waals surface area (Å²) in [6, 6.07) is 7.89. The molecule has 0 saturated heterocycles. The molecule has 1 aromatic carbocycles. The predicted octanol–water partition coefficient (Wildman–Crippen LogP) is 3.67. The van der Waals surface area contributed by atoms with Crippen LogP contribution < -0.4 is 5.32 Å². The van der Waals surface area contributed by atoms with Crippen LogP contribution in [0.2, 0.25) is 0 Å². The molecule has 2 heterocycles. The number of hydrogen-bond acceptors (Lipinski definition) is 3. The minimum absolute atomic E-state index is 0.00944. The highest BCUT2D eigenvalue weighted by Crippen LogP contribution is 2.18. The summed E-state index contributed by atoms with van der Waals surface area (Å²) in [7, 11) is 0. The van der Waals surface area contributed by atoms with E-state index in [-0.39, 0.29) is 11.4 Å². The molecule has 3 aromatic rings. The van der Waals surface area contributed by atoms with Crippen molar-refractivity contribution in [2.45, 2.75) is 20.4 Å². The standard InChI is InChI=1S/C17H15F2N3O2/c1-10-7-11(2)22(21-10)9-13-4-6-16(24-13)17(23)20-15-8-12(18)3-5-14(15)19/h3-8H,9H2,1-2H3,(H,20,23). The molecule has 7 heteroatoms. The number of carbonyl (C=O) groups is 1. The lowest BCUT2D eigenvalue weighted by atomic mass is 10.3. The minimum Gasteiger partial charge on any atom is -0.454 e. The van der Waals surface area contributed by atoms with Crippen LogP contribution in [0.15, 0.2) is 40.8 Å². The predicted molar refractivity (Wildman–Crippen MR) is 83.8 cm³/mol. The molecule has 0 aliphatic rings. The van der Waals surface area contributed by atoms with Crippen molar-refractivity contribution in [2.75, 3.05) is 5.32 Å². The van der Waals surface area contributed by atoms with E-state index >= 15 is 0 Å². The zero-order chi connectivity index (χ0) is 17.3. The zero-order valence-corrected chi connectivity index (χ0v) is 13.1. The number of aryl methyl sites for hydroxylation is 2. The average Bonchev–Trinajstić information content (AvgIpc) is 3.10. The fourth-order valence-electron chi connectivity index (χ4n) is 2.34. The van der Waals surface area contributed by atoms with E-state index in [1.807, 2.05) is 19.9 Å². The van der Waals surface area contributed by atoms with Gasteiger partial charge in [-0.1, -0.05) is 0 Å². The maximum Gasteiger partial charge on any atom is 0.291 e. The molecule has 0 aliphatic carbocycles. The van der Waals surface area contributed by atoms with Crippen molar-refractivity contribution in [3.05, 3.63) is 70.9 Å². The molecule has 3 rings (SSSR count). The van der Waals surface area contributed by atoms with Crippen molar-refractivity contribution in [2.24, 2.45) is 0 Å². The minimum atomic E-state index is -0.723. The van der Waals surface area contributed by atoms with Crippen LogP contribution in [0.4, 0.5) is 14.5 Å². The first kappa shape index (κ1) is 15.9. The Morgan fingerprint density at radius 3 is 2.71 bits per heavy atom. The number of furan rings is 1. The van der Waals surface area contributed by atoms with Gasteiger partial charge in [0.1, 0.15) is 17.4 Å². The van der Waals surface area contributed by atoms with Crippen molar-refractivity contribution in [1.82, 2.24) is 9.78 Å². The third kappa shape index (κ3) is 3.34. The van der Waals surface area contributed by atoms with E-state index in [0.29, 0.717) is 12.3 Å². The topological polar surface area (TPSA) is 60.1 Å². The summed E-state index contributed by atoms with van der Waals surface area (Å²) in [5, 5.41) is 6.60. The van der Waals surface area contributed by atoms with Gasteiger partial charge >= 0.3 is 0 Å². The summed E-state index contributed by atoms with van der Waals surface area (Å²) in [5.41, 5.74) is 1.62. The fourth-order valence-corrected chi connectivity index (χ4v) is 2.34. The highest BCUT2D eigenvalue weighted by molar-refractivity contribution is 6.02. The highest BCUT2D eigenvalue weighted by Gasteiger charge is 2.15. The molecule has 0 unspecified atom stereocenters. The molecule has 0 fully saturated rings. The Balaban J connectivity index is 1.74. The first-order valence-corrected chi connectivity index (χ1v) is 7.28. The quantitative estimate of drug-likeness (QED) is 0.793. The molecule has 0 spiro atoms. The Hall–Kier alpha value is -2.96. The van der Waals surface area contributed by atoms with Gasteiger partial charge in [-0.3, -0.25) is 9.48 Å². The van der Waals surface area contributed by atoms with Crippen LogP contribution in [0.3, 0.4) is 0 Å². The number of hydrogen-bond donors (Lipinski definition) is 1. The van der Waals surface area contributed by atoms with Crippen LogP contribution >= 0.6 is 0 Å². The number of halogens is 2. The van der Waals surface area contributed by atoms with Crippen molar-refractivity contribution in [3.8, 4) is 0 Å². The lowest BCUT2D eigenvalue weighted by Crippen LogP contribution is -2.12. The summed E-state index contributed by atoms with van der Waals surface area (Å²) in [5.74, 6) is -1.48. The molecule has 0 saturated carbocycles. The molecule has 24 heavy (non-hydrogen) atoms. The maximum absolute atomic E-state index is 13.6. The summed E-state index contributed by atoms with van der Waals surface area (Å²) >= 11 is 0. The van der Waals surface area contributed by atoms with Crippen molar-refractivity contribution >= 4 is 11.6 Å². The van der Waals surface area contributed by atoms with E-state index in [2.05, 4.69) is 10.4 Å². The van der Waals surface area contributed by atoms with Crippen LogP contribution in [0, 0.1) is 25.5 Å². The van der Waals surface area contributed by atoms with Gasteiger partial charge in [0.25, 0.3) is 5.91 Å². The second-order valence-electron chi connectivity index (χ2n) is 5.43. The summed E-state index contributed by atoms with van der Waals surface area (Å²) in [6.07, 6.45) is 0. The number of anilines is 1. The molecule has 0 atom stereocenters. The Morgan fingerprint density at radius 1 is 1.21 bits per heavy atom. The van der Waals surface area contributed by atoms with Gasteiger partial charge in [0.05, 0.1) is 17.9 Å². The van der Waals surface area contributed by atoms with Crippen LogP contribution in [0.25, 0.3) is 0 Å². The first-order valence-electron chi connectivity index (χ1n) is 7.28. The van der Waals surface area contributed by atoms with Crippen molar-refractivity contribution < 1.29 is 18.0 Å². The molecule has 0 aliphatic heterocycles. The number of aromatic nitrogens is 2. The third-order valence-corrected chi connectivity index (χ3v) is 3.47. The number of rotatable bonds is 4. The molecule has 2 aromatic heterocycles. The first-order chi connectivity index (χ1) is 11.4. The van der Waals surface area contributed by atoms with Crippen LogP contribution in [-0.4, -0.2) is 15.7 Å². The van der Waals surface area contributed by atoms with E-state index in [1.165, 1.54) is 6.07 Å². The van der Waals surface area contributed by atoms with E-state index in [9.17, 15) is 13.6 Å². The smallest absolute Gasteiger partial charge is 0.291 e. The molecule has 1 N–H and O–H groups in total. The third-order valence-electron chi connectivity index (χ3n) is 3.47. The normalized spacial score (nSPS) is 10.8. The van der Waals surface area contributed by atoms with Gasteiger partial charge in [0.15, 0.2) is 5.76 Å². The lowest BCUT2D eigenvalue weighted by molar-refractivity contribution is 0.0994. The van der Waals surface area contributed by atoms with E-state index in [4.69, 9.17) is 4.42 Å². The maximum atomic E-state index is 13.6. The van der Waals surface area contributed by atoms with Gasteiger partial charge < -0.3 is 9.73 Å². The molecular weight excluding hydrogens is 316 g/mol. The van der Waals surface area contributed by atoms with E-state index < -0.39 is 17.5 Å². The fraction of sp³-hybridized carbons (Fsp3) is 0.176. The lowest BCUT2D eigenvalue weighted by Gasteiger charge is -2.05. The van der Waals surface area contributed by atoms with Gasteiger partial charge in [-0.05, 0) is 44.2 Å². The largest absolute Gasteiger partial charge is 0.454 e. The number of carbonyl (C=O) groups excluding carboxylic acids is 1. The Kier molecular flexibility index (Phi) is 4.16.